The van der Waals surface area contributed by atoms with Crippen molar-refractivity contribution in [3.63, 3.8) is 0 Å². The van der Waals surface area contributed by atoms with Crippen LogP contribution in [-0.2, 0) is 11.3 Å². The lowest BCUT2D eigenvalue weighted by atomic mass is 10.2. The van der Waals surface area contributed by atoms with E-state index in [4.69, 9.17) is 8.94 Å². The molecule has 2 aromatic heterocycles. The summed E-state index contributed by atoms with van der Waals surface area (Å²) in [7, 11) is 0. The minimum Gasteiger partial charge on any atom is -0.469 e. The molecule has 0 N–H and O–H groups in total. The van der Waals surface area contributed by atoms with Gasteiger partial charge in [0.1, 0.15) is 5.76 Å². The predicted octanol–water partition coefficient (Wildman–Crippen LogP) is 2.02. The third kappa shape index (κ3) is 3.03. The van der Waals surface area contributed by atoms with Gasteiger partial charge in [-0.25, -0.2) is 0 Å². The minimum atomic E-state index is 0.115. The Morgan fingerprint density at radius 1 is 1.35 bits per heavy atom. The van der Waals surface area contributed by atoms with Crippen molar-refractivity contribution in [2.75, 3.05) is 26.2 Å². The van der Waals surface area contributed by atoms with Gasteiger partial charge in [0.05, 0.1) is 18.5 Å². The van der Waals surface area contributed by atoms with E-state index < -0.39 is 0 Å². The molecule has 2 fully saturated rings. The van der Waals surface area contributed by atoms with Crippen molar-refractivity contribution >= 4 is 5.91 Å². The highest BCUT2D eigenvalue weighted by Crippen LogP contribution is 2.48. The lowest BCUT2D eigenvalue weighted by molar-refractivity contribution is -0.134. The first-order valence-corrected chi connectivity index (χ1v) is 8.17. The number of hydrogen-bond acceptors (Lipinski definition) is 5. The molecule has 3 heterocycles. The topological polar surface area (TPSA) is 62.7 Å². The minimum absolute atomic E-state index is 0.115. The maximum absolute atomic E-state index is 12.6. The second-order valence-corrected chi connectivity index (χ2v) is 6.50. The van der Waals surface area contributed by atoms with Gasteiger partial charge >= 0.3 is 0 Å². The second kappa shape index (κ2) is 5.85. The number of aromatic nitrogens is 1. The van der Waals surface area contributed by atoms with Crippen molar-refractivity contribution in [3.05, 3.63) is 41.7 Å². The van der Waals surface area contributed by atoms with Crippen molar-refractivity contribution in [1.82, 2.24) is 15.0 Å². The zero-order chi connectivity index (χ0) is 15.8. The normalized spacial score (nSPS) is 24.8. The molecule has 1 saturated carbocycles. The summed E-state index contributed by atoms with van der Waals surface area (Å²) in [6.45, 7) is 6.02. The van der Waals surface area contributed by atoms with Crippen LogP contribution in [0, 0.1) is 12.8 Å². The Balaban J connectivity index is 1.27. The summed E-state index contributed by atoms with van der Waals surface area (Å²) in [4.78, 5) is 16.9. The van der Waals surface area contributed by atoms with Crippen molar-refractivity contribution in [1.29, 1.82) is 0 Å². The number of furan rings is 1. The number of aryl methyl sites for hydroxylation is 1. The fourth-order valence-electron chi connectivity index (χ4n) is 3.36. The number of hydrogen-bond donors (Lipinski definition) is 0. The molecule has 0 spiro atoms. The van der Waals surface area contributed by atoms with E-state index in [1.807, 2.05) is 30.0 Å². The SMILES string of the molecule is Cc1cc(CN2CCN(C(=O)[C@H]3C[C@@H]3c3ccco3)CC2)on1. The predicted molar refractivity (Wildman–Crippen MR) is 82.7 cm³/mol. The summed E-state index contributed by atoms with van der Waals surface area (Å²) in [6, 6.07) is 5.82. The van der Waals surface area contributed by atoms with Gasteiger partial charge in [-0.05, 0) is 25.5 Å². The molecule has 1 aliphatic carbocycles. The summed E-state index contributed by atoms with van der Waals surface area (Å²) in [5, 5.41) is 3.91. The monoisotopic (exact) mass is 315 g/mol. The fourth-order valence-corrected chi connectivity index (χ4v) is 3.36. The molecule has 2 aliphatic rings. The average molecular weight is 315 g/mol. The Bertz CT molecular complexity index is 671. The second-order valence-electron chi connectivity index (χ2n) is 6.50. The molecule has 4 rings (SSSR count). The Labute approximate surface area is 135 Å². The highest BCUT2D eigenvalue weighted by atomic mass is 16.5. The first-order valence-electron chi connectivity index (χ1n) is 8.17. The van der Waals surface area contributed by atoms with Crippen LogP contribution < -0.4 is 0 Å². The molecule has 2 atom stereocenters. The number of nitrogens with zero attached hydrogens (tertiary/aromatic N) is 3. The van der Waals surface area contributed by atoms with E-state index in [0.717, 1.165) is 56.4 Å². The molecule has 1 aliphatic heterocycles. The number of piperazine rings is 1. The zero-order valence-corrected chi connectivity index (χ0v) is 13.3. The van der Waals surface area contributed by atoms with E-state index in [-0.39, 0.29) is 17.7 Å². The zero-order valence-electron chi connectivity index (χ0n) is 13.3. The van der Waals surface area contributed by atoms with E-state index in [9.17, 15) is 4.79 Å². The quantitative estimate of drug-likeness (QED) is 0.864. The van der Waals surface area contributed by atoms with E-state index >= 15 is 0 Å². The van der Waals surface area contributed by atoms with Gasteiger partial charge in [0, 0.05) is 44.1 Å². The lowest BCUT2D eigenvalue weighted by Gasteiger charge is -2.34. The molecule has 1 saturated heterocycles. The van der Waals surface area contributed by atoms with E-state index in [0.29, 0.717) is 0 Å². The average Bonchev–Trinajstić information content (AvgIpc) is 2.96. The van der Waals surface area contributed by atoms with E-state index in [1.54, 1.807) is 6.26 Å². The molecule has 0 bridgehead atoms. The number of carbonyl (C=O) groups is 1. The van der Waals surface area contributed by atoms with Crippen LogP contribution in [-0.4, -0.2) is 47.0 Å². The van der Waals surface area contributed by atoms with Gasteiger partial charge < -0.3 is 13.8 Å². The van der Waals surface area contributed by atoms with Gasteiger partial charge in [0.2, 0.25) is 5.91 Å². The summed E-state index contributed by atoms with van der Waals surface area (Å²) in [6.07, 6.45) is 2.60. The molecule has 0 unspecified atom stereocenters. The molecule has 23 heavy (non-hydrogen) atoms. The maximum atomic E-state index is 12.6. The number of carbonyl (C=O) groups excluding carboxylic acids is 1. The van der Waals surface area contributed by atoms with Crippen molar-refractivity contribution in [3.8, 4) is 0 Å². The van der Waals surface area contributed by atoms with Crippen LogP contribution in [0.2, 0.25) is 0 Å². The maximum Gasteiger partial charge on any atom is 0.226 e. The van der Waals surface area contributed by atoms with Gasteiger partial charge in [-0.2, -0.15) is 0 Å². The highest BCUT2D eigenvalue weighted by Gasteiger charge is 2.47. The lowest BCUT2D eigenvalue weighted by Crippen LogP contribution is -2.48. The molecule has 1 amide bonds. The molecular weight excluding hydrogens is 294 g/mol. The van der Waals surface area contributed by atoms with Crippen LogP contribution in [0.1, 0.15) is 29.6 Å². The van der Waals surface area contributed by atoms with Crippen LogP contribution >= 0.6 is 0 Å². The van der Waals surface area contributed by atoms with Crippen LogP contribution in [0.5, 0.6) is 0 Å². The fraction of sp³-hybridized carbons (Fsp3) is 0.529. The van der Waals surface area contributed by atoms with Gasteiger partial charge in [0.15, 0.2) is 5.76 Å². The first-order chi connectivity index (χ1) is 11.2. The third-order valence-corrected chi connectivity index (χ3v) is 4.76. The first kappa shape index (κ1) is 14.5. The van der Waals surface area contributed by atoms with Crippen LogP contribution in [0.25, 0.3) is 0 Å². The van der Waals surface area contributed by atoms with Crippen molar-refractivity contribution in [2.45, 2.75) is 25.8 Å². The number of amides is 1. The Morgan fingerprint density at radius 3 is 2.83 bits per heavy atom. The van der Waals surface area contributed by atoms with Crippen molar-refractivity contribution < 1.29 is 13.7 Å². The van der Waals surface area contributed by atoms with Crippen molar-refractivity contribution in [2.24, 2.45) is 5.92 Å². The molecule has 6 nitrogen and oxygen atoms in total. The number of rotatable bonds is 4. The smallest absolute Gasteiger partial charge is 0.226 e. The van der Waals surface area contributed by atoms with E-state index in [2.05, 4.69) is 10.1 Å². The van der Waals surface area contributed by atoms with E-state index in [1.165, 1.54) is 0 Å². The van der Waals surface area contributed by atoms with Gasteiger partial charge in [-0.3, -0.25) is 9.69 Å². The summed E-state index contributed by atoms with van der Waals surface area (Å²) in [5.74, 6) is 2.52. The van der Waals surface area contributed by atoms with Crippen LogP contribution in [0.4, 0.5) is 0 Å². The van der Waals surface area contributed by atoms with Crippen LogP contribution in [0.3, 0.4) is 0 Å². The summed E-state index contributed by atoms with van der Waals surface area (Å²) >= 11 is 0. The Morgan fingerprint density at radius 2 is 2.17 bits per heavy atom. The van der Waals surface area contributed by atoms with Crippen LogP contribution in [0.15, 0.2) is 33.4 Å². The van der Waals surface area contributed by atoms with Gasteiger partial charge in [-0.15, -0.1) is 0 Å². The molecule has 122 valence electrons. The third-order valence-electron chi connectivity index (χ3n) is 4.76. The molecule has 0 aromatic carbocycles. The standard InChI is InChI=1S/C17H21N3O3/c1-12-9-13(23-18-12)11-19-4-6-20(7-5-19)17(21)15-10-14(15)16-3-2-8-22-16/h2-3,8-9,14-15H,4-7,10-11H2,1H3/t14-,15-/m0/s1. The van der Waals surface area contributed by atoms with Gasteiger partial charge in [0.25, 0.3) is 0 Å². The molecule has 0 radical (unpaired) electrons. The Hall–Kier alpha value is -2.08. The summed E-state index contributed by atoms with van der Waals surface area (Å²) < 4.78 is 10.7. The molecular formula is C17H21N3O3. The largest absolute Gasteiger partial charge is 0.469 e. The van der Waals surface area contributed by atoms with Gasteiger partial charge in [-0.1, -0.05) is 5.16 Å². The highest BCUT2D eigenvalue weighted by molar-refractivity contribution is 5.83. The summed E-state index contributed by atoms with van der Waals surface area (Å²) in [5.41, 5.74) is 0.909. The molecule has 6 heteroatoms. The Kier molecular flexibility index (Phi) is 3.69. The molecule has 2 aromatic rings.